The van der Waals surface area contributed by atoms with E-state index < -0.39 is 50.1 Å². The second-order valence-electron chi connectivity index (χ2n) is 8.69. The quantitative estimate of drug-likeness (QED) is 0.143. The normalized spacial score (nSPS) is 12.9. The maximum Gasteiger partial charge on any atom is 0.444 e. The van der Waals surface area contributed by atoms with E-state index >= 15 is 8.78 Å². The standard InChI is InChI=1S/C29H22F4O7S2/c30-28(31,27(36)39-20-21-16-18-22(19-17-21)26(34)35)29(32,33)42(37,38)40-41(23-10-4-1-5-11-23,24-12-6-2-7-13-24)25-14-8-3-9-15-25/h1-19H,20H2,(H,34,35). The molecule has 0 heterocycles. The molecule has 4 rings (SSSR count). The molecule has 13 heteroatoms. The Balaban J connectivity index is 1.73. The van der Waals surface area contributed by atoms with Gasteiger partial charge in [-0.3, -0.25) is 0 Å². The number of carbonyl (C=O) groups excluding carboxylic acids is 1. The van der Waals surface area contributed by atoms with Crippen molar-refractivity contribution in [3.8, 4) is 0 Å². The van der Waals surface area contributed by atoms with E-state index in [1.54, 1.807) is 18.2 Å². The molecule has 0 saturated carbocycles. The van der Waals surface area contributed by atoms with Crippen LogP contribution >= 0.6 is 10.3 Å². The van der Waals surface area contributed by atoms with Gasteiger partial charge < -0.3 is 9.84 Å². The Morgan fingerprint density at radius 1 is 0.667 bits per heavy atom. The Kier molecular flexibility index (Phi) is 8.76. The molecule has 0 saturated heterocycles. The molecule has 0 unspecified atom stereocenters. The number of alkyl halides is 4. The first kappa shape index (κ1) is 30.8. The fraction of sp³-hybridized carbons (Fsp3) is 0.103. The second-order valence-corrected chi connectivity index (χ2v) is 13.2. The molecule has 0 radical (unpaired) electrons. The number of hydrogen-bond donors (Lipinski definition) is 1. The highest BCUT2D eigenvalue weighted by Gasteiger charge is 2.73. The first-order chi connectivity index (χ1) is 19.8. The molecular formula is C29H22F4O7S2. The van der Waals surface area contributed by atoms with Crippen LogP contribution < -0.4 is 0 Å². The molecule has 0 aliphatic heterocycles. The van der Waals surface area contributed by atoms with Gasteiger partial charge in [0, 0.05) is 14.7 Å². The Morgan fingerprint density at radius 2 is 1.07 bits per heavy atom. The summed E-state index contributed by atoms with van der Waals surface area (Å²) in [5.41, 5.74) is -0.168. The molecule has 220 valence electrons. The molecule has 0 aromatic heterocycles. The van der Waals surface area contributed by atoms with Crippen molar-refractivity contribution in [1.29, 1.82) is 0 Å². The SMILES string of the molecule is O=C(O)c1ccc(COC(=O)C(F)(F)C(F)(F)S(=O)(=O)OS(c2ccccc2)(c2ccccc2)c2ccccc2)cc1. The van der Waals surface area contributed by atoms with Crippen molar-refractivity contribution < 1.29 is 49.0 Å². The number of hydrogen-bond acceptors (Lipinski definition) is 6. The van der Waals surface area contributed by atoms with E-state index in [1.807, 2.05) is 0 Å². The summed E-state index contributed by atoms with van der Waals surface area (Å²) in [6.45, 7) is -0.960. The molecule has 0 spiro atoms. The van der Waals surface area contributed by atoms with Crippen LogP contribution in [0.5, 0.6) is 0 Å². The van der Waals surface area contributed by atoms with Gasteiger partial charge in [-0.15, -0.1) is 0 Å². The Labute approximate surface area is 240 Å². The number of halogens is 4. The lowest BCUT2D eigenvalue weighted by molar-refractivity contribution is -0.206. The van der Waals surface area contributed by atoms with Crippen molar-refractivity contribution in [3.63, 3.8) is 0 Å². The van der Waals surface area contributed by atoms with E-state index in [1.165, 1.54) is 72.8 Å². The van der Waals surface area contributed by atoms with Gasteiger partial charge >= 0.3 is 33.2 Å². The fourth-order valence-corrected chi connectivity index (χ4v) is 8.99. The number of aromatic carboxylic acids is 1. The van der Waals surface area contributed by atoms with Crippen LogP contribution in [-0.4, -0.2) is 36.6 Å². The largest absolute Gasteiger partial charge is 0.478 e. The maximum absolute atomic E-state index is 15.4. The number of ether oxygens (including phenoxy) is 1. The van der Waals surface area contributed by atoms with Crippen LogP contribution in [0, 0.1) is 0 Å². The van der Waals surface area contributed by atoms with E-state index in [0.717, 1.165) is 24.3 Å². The minimum atomic E-state index is -6.58. The third-order valence-corrected chi connectivity index (χ3v) is 11.1. The third kappa shape index (κ3) is 5.75. The van der Waals surface area contributed by atoms with Gasteiger partial charge in [0.25, 0.3) is 0 Å². The molecule has 42 heavy (non-hydrogen) atoms. The lowest BCUT2D eigenvalue weighted by Gasteiger charge is -2.40. The third-order valence-electron chi connectivity index (χ3n) is 5.92. The molecule has 4 aromatic carbocycles. The van der Waals surface area contributed by atoms with Crippen molar-refractivity contribution in [2.75, 3.05) is 0 Å². The molecule has 0 fully saturated rings. The molecule has 0 amide bonds. The van der Waals surface area contributed by atoms with Crippen molar-refractivity contribution in [2.45, 2.75) is 32.5 Å². The molecule has 0 aliphatic carbocycles. The fourth-order valence-electron chi connectivity index (χ4n) is 3.80. The number of carboxylic acids is 1. The first-order valence-corrected chi connectivity index (χ1v) is 15.0. The van der Waals surface area contributed by atoms with Crippen LogP contribution in [0.4, 0.5) is 17.6 Å². The van der Waals surface area contributed by atoms with Crippen LogP contribution in [0.1, 0.15) is 15.9 Å². The number of esters is 1. The summed E-state index contributed by atoms with van der Waals surface area (Å²) in [4.78, 5) is 23.5. The minimum Gasteiger partial charge on any atom is -0.478 e. The van der Waals surface area contributed by atoms with Crippen molar-refractivity contribution in [1.82, 2.24) is 0 Å². The van der Waals surface area contributed by atoms with Gasteiger partial charge in [0.1, 0.15) is 6.61 Å². The van der Waals surface area contributed by atoms with Crippen LogP contribution in [0.15, 0.2) is 130 Å². The van der Waals surface area contributed by atoms with Crippen LogP contribution in [0.3, 0.4) is 0 Å². The predicted octanol–water partition coefficient (Wildman–Crippen LogP) is 6.90. The van der Waals surface area contributed by atoms with E-state index in [2.05, 4.69) is 4.74 Å². The molecule has 0 atom stereocenters. The first-order valence-electron chi connectivity index (χ1n) is 12.0. The van der Waals surface area contributed by atoms with Gasteiger partial charge in [-0.05, 0) is 64.4 Å². The maximum atomic E-state index is 15.4. The predicted molar refractivity (Wildman–Crippen MR) is 145 cm³/mol. The minimum absolute atomic E-state index is 0.00716. The summed E-state index contributed by atoms with van der Waals surface area (Å²) in [6, 6.07) is 26.7. The van der Waals surface area contributed by atoms with E-state index in [9.17, 15) is 26.8 Å². The summed E-state index contributed by atoms with van der Waals surface area (Å²) in [6.07, 6.45) is 0. The Morgan fingerprint density at radius 3 is 1.45 bits per heavy atom. The van der Waals surface area contributed by atoms with Crippen LogP contribution in [0.2, 0.25) is 0 Å². The van der Waals surface area contributed by atoms with E-state index in [4.69, 9.17) is 8.74 Å². The summed E-state index contributed by atoms with van der Waals surface area (Å²) >= 11 is 0. The molecule has 0 aliphatic rings. The second kappa shape index (κ2) is 12.0. The van der Waals surface area contributed by atoms with Gasteiger partial charge in [0.15, 0.2) is 0 Å². The summed E-state index contributed by atoms with van der Waals surface area (Å²) < 4.78 is 96.7. The lowest BCUT2D eigenvalue weighted by atomic mass is 10.1. The highest BCUT2D eigenvalue weighted by Crippen LogP contribution is 2.70. The number of carbonyl (C=O) groups is 2. The number of rotatable bonds is 11. The molecule has 7 nitrogen and oxygen atoms in total. The van der Waals surface area contributed by atoms with Gasteiger partial charge in [0.05, 0.1) is 5.56 Å². The molecule has 0 bridgehead atoms. The highest BCUT2D eigenvalue weighted by atomic mass is 32.3. The van der Waals surface area contributed by atoms with Gasteiger partial charge in [-0.25, -0.2) is 13.2 Å². The zero-order valence-electron chi connectivity index (χ0n) is 21.4. The topological polar surface area (TPSA) is 107 Å². The molecule has 4 aromatic rings. The zero-order valence-corrected chi connectivity index (χ0v) is 23.0. The van der Waals surface area contributed by atoms with Gasteiger partial charge in [0.2, 0.25) is 0 Å². The smallest absolute Gasteiger partial charge is 0.444 e. The van der Waals surface area contributed by atoms with E-state index in [0.29, 0.717) is 0 Å². The monoisotopic (exact) mass is 622 g/mol. The van der Waals surface area contributed by atoms with Crippen LogP contribution in [-0.2, 0) is 29.9 Å². The van der Waals surface area contributed by atoms with Crippen LogP contribution in [0.25, 0.3) is 0 Å². The highest BCUT2D eigenvalue weighted by molar-refractivity contribution is 8.33. The van der Waals surface area contributed by atoms with Crippen molar-refractivity contribution in [2.24, 2.45) is 0 Å². The van der Waals surface area contributed by atoms with Crippen molar-refractivity contribution >= 4 is 32.4 Å². The zero-order chi connectivity index (χ0) is 30.6. The molecule has 1 N–H and O–H groups in total. The van der Waals surface area contributed by atoms with E-state index in [-0.39, 0.29) is 25.8 Å². The summed E-state index contributed by atoms with van der Waals surface area (Å²) in [5, 5.41) is 2.86. The number of benzene rings is 4. The average Bonchev–Trinajstić information content (AvgIpc) is 3.00. The van der Waals surface area contributed by atoms with Gasteiger partial charge in [-0.2, -0.15) is 26.0 Å². The molecular weight excluding hydrogens is 600 g/mol. The average molecular weight is 623 g/mol. The van der Waals surface area contributed by atoms with Crippen molar-refractivity contribution in [3.05, 3.63) is 126 Å². The lowest BCUT2D eigenvalue weighted by Crippen LogP contribution is -2.53. The Bertz CT molecular complexity index is 1550. The summed E-state index contributed by atoms with van der Waals surface area (Å²) in [7, 11) is -10.2. The Hall–Kier alpha value is -4.20. The van der Waals surface area contributed by atoms with Gasteiger partial charge in [-0.1, -0.05) is 66.7 Å². The number of carboxylic acid groups (broad SMARTS) is 1. The summed E-state index contributed by atoms with van der Waals surface area (Å²) in [5.74, 6) is -9.97.